The van der Waals surface area contributed by atoms with Gasteiger partial charge in [-0.05, 0) is 66.2 Å². The fourth-order valence-electron chi connectivity index (χ4n) is 8.17. The minimum Gasteiger partial charge on any atom is -0.454 e. The predicted molar refractivity (Wildman–Crippen MR) is 210 cm³/mol. The van der Waals surface area contributed by atoms with Crippen molar-refractivity contribution in [1.82, 2.24) is 9.55 Å². The Labute approximate surface area is 294 Å². The van der Waals surface area contributed by atoms with E-state index in [1.54, 1.807) is 0 Å². The maximum atomic E-state index is 6.54. The zero-order chi connectivity index (χ0) is 33.5. The monoisotopic (exact) mass is 651 g/mol. The summed E-state index contributed by atoms with van der Waals surface area (Å²) in [6.07, 6.45) is 0. The maximum Gasteiger partial charge on any atom is 0.162 e. The van der Waals surface area contributed by atoms with E-state index in [2.05, 4.69) is 161 Å². The van der Waals surface area contributed by atoms with E-state index in [4.69, 9.17) is 9.40 Å². The highest BCUT2D eigenvalue weighted by molar-refractivity contribution is 6.16. The van der Waals surface area contributed by atoms with Gasteiger partial charge in [0, 0.05) is 49.8 Å². The van der Waals surface area contributed by atoms with E-state index in [0.29, 0.717) is 0 Å². The van der Waals surface area contributed by atoms with E-state index in [1.807, 2.05) is 24.3 Å². The number of hydrogen-bond acceptors (Lipinski definition) is 3. The first-order valence-electron chi connectivity index (χ1n) is 17.3. The van der Waals surface area contributed by atoms with Crippen molar-refractivity contribution >= 4 is 60.9 Å². The number of nitrogens with zero attached hydrogens (tertiary/aromatic N) is 3. The van der Waals surface area contributed by atoms with Crippen LogP contribution in [-0.4, -0.2) is 9.55 Å². The Hall–Kier alpha value is -6.91. The van der Waals surface area contributed by atoms with Crippen LogP contribution < -0.4 is 4.90 Å². The molecule has 0 bridgehead atoms. The third-order valence-electron chi connectivity index (χ3n) is 10.3. The molecular weight excluding hydrogens is 623 g/mol. The standard InChI is InChI=1S/C47H29N3O/c1-2-14-31(15-3-1)50-40-23-11-6-18-35(40)44-34-17-5-10-22-39(34)49(41-24-12-7-19-36(41)46(44)50)32-28-26-30(27-29-32)43-33-16-4-9-21-38(33)48-45-37-20-8-13-25-42(37)51-47(43)45/h1-29H. The fourth-order valence-corrected chi connectivity index (χ4v) is 8.17. The molecule has 1 aliphatic rings. The summed E-state index contributed by atoms with van der Waals surface area (Å²) in [5.41, 5.74) is 16.1. The van der Waals surface area contributed by atoms with E-state index >= 15 is 0 Å². The summed E-state index contributed by atoms with van der Waals surface area (Å²) < 4.78 is 8.97. The largest absolute Gasteiger partial charge is 0.454 e. The van der Waals surface area contributed by atoms with Crippen LogP contribution in [-0.2, 0) is 0 Å². The van der Waals surface area contributed by atoms with Crippen molar-refractivity contribution in [1.29, 1.82) is 0 Å². The molecule has 0 radical (unpaired) electrons. The predicted octanol–water partition coefficient (Wildman–Crippen LogP) is 12.9. The van der Waals surface area contributed by atoms with Crippen molar-refractivity contribution in [3.8, 4) is 39.2 Å². The molecule has 0 saturated heterocycles. The van der Waals surface area contributed by atoms with Crippen molar-refractivity contribution in [2.75, 3.05) is 4.90 Å². The van der Waals surface area contributed by atoms with Crippen molar-refractivity contribution < 1.29 is 4.42 Å². The van der Waals surface area contributed by atoms with Gasteiger partial charge in [0.05, 0.1) is 28.1 Å². The zero-order valence-electron chi connectivity index (χ0n) is 27.5. The van der Waals surface area contributed by atoms with E-state index in [-0.39, 0.29) is 0 Å². The average molecular weight is 652 g/mol. The van der Waals surface area contributed by atoms with E-state index in [9.17, 15) is 0 Å². The van der Waals surface area contributed by atoms with Gasteiger partial charge < -0.3 is 13.9 Å². The van der Waals surface area contributed by atoms with Crippen molar-refractivity contribution in [2.45, 2.75) is 0 Å². The number of hydrogen-bond donors (Lipinski definition) is 0. The summed E-state index contributed by atoms with van der Waals surface area (Å²) in [7, 11) is 0. The number of pyridine rings is 1. The Bertz CT molecular complexity index is 2970. The molecule has 3 aromatic heterocycles. The third-order valence-corrected chi connectivity index (χ3v) is 10.3. The van der Waals surface area contributed by atoms with Crippen LogP contribution in [0.1, 0.15) is 0 Å². The van der Waals surface area contributed by atoms with E-state index in [1.165, 1.54) is 33.3 Å². The molecule has 0 saturated carbocycles. The highest BCUT2D eigenvalue weighted by atomic mass is 16.3. The quantitative estimate of drug-likeness (QED) is 0.191. The lowest BCUT2D eigenvalue weighted by Gasteiger charge is -2.27. The summed E-state index contributed by atoms with van der Waals surface area (Å²) in [5.74, 6) is 0. The number of fused-ring (bicyclic) bond motifs is 11. The summed E-state index contributed by atoms with van der Waals surface area (Å²) in [6.45, 7) is 0. The van der Waals surface area contributed by atoms with Crippen LogP contribution in [0.2, 0.25) is 0 Å². The number of rotatable bonds is 3. The molecule has 4 nitrogen and oxygen atoms in total. The molecule has 0 spiro atoms. The Kier molecular flexibility index (Phi) is 5.92. The number of benzene rings is 7. The maximum absolute atomic E-state index is 6.54. The number of aromatic nitrogens is 2. The van der Waals surface area contributed by atoms with Gasteiger partial charge in [-0.15, -0.1) is 0 Å². The molecule has 51 heavy (non-hydrogen) atoms. The van der Waals surface area contributed by atoms with Crippen molar-refractivity contribution in [3.05, 3.63) is 176 Å². The number of anilines is 3. The van der Waals surface area contributed by atoms with Crippen LogP contribution in [0.3, 0.4) is 0 Å². The molecule has 10 aromatic rings. The average Bonchev–Trinajstić information content (AvgIpc) is 3.70. The van der Waals surface area contributed by atoms with Gasteiger partial charge >= 0.3 is 0 Å². The van der Waals surface area contributed by atoms with Gasteiger partial charge in [0.1, 0.15) is 11.1 Å². The molecule has 7 aromatic carbocycles. The summed E-state index contributed by atoms with van der Waals surface area (Å²) in [5, 5.41) is 3.33. The van der Waals surface area contributed by atoms with E-state index in [0.717, 1.165) is 66.8 Å². The Balaban J connectivity index is 1.16. The van der Waals surface area contributed by atoms with Gasteiger partial charge in [-0.25, -0.2) is 4.98 Å². The summed E-state index contributed by atoms with van der Waals surface area (Å²) in [6, 6.07) is 62.6. The molecule has 4 heterocycles. The molecule has 238 valence electrons. The highest BCUT2D eigenvalue weighted by Gasteiger charge is 2.31. The minimum atomic E-state index is 0.813. The van der Waals surface area contributed by atoms with Crippen molar-refractivity contribution in [2.24, 2.45) is 0 Å². The van der Waals surface area contributed by atoms with Crippen LogP contribution in [0.15, 0.2) is 180 Å². The van der Waals surface area contributed by atoms with Crippen LogP contribution in [0.4, 0.5) is 17.1 Å². The van der Waals surface area contributed by atoms with Gasteiger partial charge in [0.2, 0.25) is 0 Å². The second-order valence-electron chi connectivity index (χ2n) is 13.1. The number of para-hydroxylation sites is 6. The van der Waals surface area contributed by atoms with Gasteiger partial charge in [0.25, 0.3) is 0 Å². The molecule has 0 aliphatic carbocycles. The Morgan fingerprint density at radius 3 is 1.90 bits per heavy atom. The first-order valence-corrected chi connectivity index (χ1v) is 17.3. The lowest BCUT2D eigenvalue weighted by molar-refractivity contribution is 0.670. The van der Waals surface area contributed by atoms with Crippen LogP contribution in [0, 0.1) is 0 Å². The zero-order valence-corrected chi connectivity index (χ0v) is 27.5. The molecule has 0 amide bonds. The van der Waals surface area contributed by atoms with Gasteiger partial charge in [-0.3, -0.25) is 0 Å². The Morgan fingerprint density at radius 2 is 1.08 bits per heavy atom. The van der Waals surface area contributed by atoms with Crippen LogP contribution in [0.25, 0.3) is 83.1 Å². The molecule has 0 N–H and O–H groups in total. The van der Waals surface area contributed by atoms with Gasteiger partial charge in [-0.1, -0.05) is 115 Å². The molecule has 0 atom stereocenters. The second-order valence-corrected chi connectivity index (χ2v) is 13.1. The smallest absolute Gasteiger partial charge is 0.162 e. The summed E-state index contributed by atoms with van der Waals surface area (Å²) >= 11 is 0. The van der Waals surface area contributed by atoms with E-state index < -0.39 is 0 Å². The normalized spacial score (nSPS) is 12.3. The summed E-state index contributed by atoms with van der Waals surface area (Å²) in [4.78, 5) is 7.48. The molecular formula is C47H29N3O. The fraction of sp³-hybridized carbons (Fsp3) is 0. The Morgan fingerprint density at radius 1 is 0.451 bits per heavy atom. The molecule has 0 fully saturated rings. The highest BCUT2D eigenvalue weighted by Crippen LogP contribution is 2.54. The first-order chi connectivity index (χ1) is 25.3. The molecule has 4 heteroatoms. The topological polar surface area (TPSA) is 34.2 Å². The lowest BCUT2D eigenvalue weighted by Crippen LogP contribution is -2.11. The SMILES string of the molecule is c1ccc(-n2c3c(c4ccccc42)-c2ccccc2N(c2ccc(-c4c5ccccc5nc5c4oc4ccccc45)cc2)c2ccccc2-3)cc1. The molecule has 11 rings (SSSR count). The second kappa shape index (κ2) is 10.8. The van der Waals surface area contributed by atoms with Crippen LogP contribution in [0.5, 0.6) is 0 Å². The third kappa shape index (κ3) is 4.05. The van der Waals surface area contributed by atoms with Crippen molar-refractivity contribution in [3.63, 3.8) is 0 Å². The van der Waals surface area contributed by atoms with Crippen LogP contribution >= 0.6 is 0 Å². The van der Waals surface area contributed by atoms with Gasteiger partial charge in [-0.2, -0.15) is 0 Å². The lowest BCUT2D eigenvalue weighted by atomic mass is 9.98. The number of furan rings is 1. The van der Waals surface area contributed by atoms with Gasteiger partial charge in [0.15, 0.2) is 5.58 Å². The minimum absolute atomic E-state index is 0.813. The molecule has 0 unspecified atom stereocenters. The first kappa shape index (κ1) is 28.0. The molecule has 1 aliphatic heterocycles.